The van der Waals surface area contributed by atoms with Crippen molar-refractivity contribution in [2.24, 2.45) is 62.1 Å². The molecular weight excluding hydrogens is 600 g/mol. The Morgan fingerprint density at radius 2 is 1.62 bits per heavy atom. The van der Waals surface area contributed by atoms with Crippen molar-refractivity contribution in [3.8, 4) is 0 Å². The molecule has 0 aromatic heterocycles. The summed E-state index contributed by atoms with van der Waals surface area (Å²) in [4.78, 5) is 38.4. The summed E-state index contributed by atoms with van der Waals surface area (Å²) in [6.07, 6.45) is 12.7. The van der Waals surface area contributed by atoms with Crippen molar-refractivity contribution < 1.29 is 24.2 Å². The van der Waals surface area contributed by atoms with Gasteiger partial charge in [-0.25, -0.2) is 0 Å². The van der Waals surface area contributed by atoms with E-state index in [0.29, 0.717) is 36.0 Å². The summed E-state index contributed by atoms with van der Waals surface area (Å²) in [6.45, 7) is 24.3. The molecule has 1 aliphatic heterocycles. The Bertz CT molecular complexity index is 1320. The van der Waals surface area contributed by atoms with E-state index < -0.39 is 11.4 Å². The van der Waals surface area contributed by atoms with E-state index in [2.05, 4.69) is 58.8 Å². The smallest absolute Gasteiger partial charge is 0.309 e. The summed E-state index contributed by atoms with van der Waals surface area (Å²) >= 11 is 0. The van der Waals surface area contributed by atoms with Crippen LogP contribution < -0.4 is 10.6 Å². The highest BCUT2D eigenvalue weighted by atomic mass is 16.5. The fourth-order valence-corrected chi connectivity index (χ4v) is 13.8. The SMILES string of the molecule is C=C(C)[C@@H]1CC[C@]2(CC(=O)N[C@@H]3CCNC3)CC[C@]3(C)[C@H](CCC4[C@@]5(C)CC[C@H](OC(=O)CC(C)(C)C(=O)O)C(C)(C)C5CC[C@]43C)[C@@H]12. The number of ether oxygens (including phenoxy) is 1. The lowest BCUT2D eigenvalue weighted by atomic mass is 9.32. The molecule has 6 rings (SSSR count). The van der Waals surface area contributed by atoms with Crippen LogP contribution in [0.25, 0.3) is 0 Å². The predicted octanol–water partition coefficient (Wildman–Crippen LogP) is 7.92. The molecule has 5 saturated carbocycles. The normalized spacial score (nSPS) is 44.8. The molecule has 11 atom stereocenters. The van der Waals surface area contributed by atoms with Crippen molar-refractivity contribution in [1.29, 1.82) is 0 Å². The Balaban J connectivity index is 1.24. The Labute approximate surface area is 290 Å². The summed E-state index contributed by atoms with van der Waals surface area (Å²) < 4.78 is 6.17. The second kappa shape index (κ2) is 12.1. The van der Waals surface area contributed by atoms with Crippen molar-refractivity contribution in [2.45, 2.75) is 151 Å². The van der Waals surface area contributed by atoms with Gasteiger partial charge >= 0.3 is 11.9 Å². The van der Waals surface area contributed by atoms with Gasteiger partial charge in [-0.2, -0.15) is 0 Å². The number of fused-ring (bicyclic) bond motifs is 7. The molecule has 0 aromatic rings. The molecule has 0 bridgehead atoms. The molecule has 5 aliphatic carbocycles. The quantitative estimate of drug-likeness (QED) is 0.180. The third-order valence-corrected chi connectivity index (χ3v) is 16.6. The van der Waals surface area contributed by atoms with Gasteiger partial charge in [0.2, 0.25) is 5.91 Å². The number of esters is 1. The van der Waals surface area contributed by atoms with Crippen molar-refractivity contribution in [3.05, 3.63) is 12.2 Å². The van der Waals surface area contributed by atoms with Crippen molar-refractivity contribution in [2.75, 3.05) is 13.1 Å². The molecule has 1 amide bonds. The minimum atomic E-state index is -1.14. The minimum Gasteiger partial charge on any atom is -0.481 e. The van der Waals surface area contributed by atoms with E-state index in [4.69, 9.17) is 4.74 Å². The summed E-state index contributed by atoms with van der Waals surface area (Å²) in [5.74, 6) is 1.56. The van der Waals surface area contributed by atoms with Crippen LogP contribution in [0.3, 0.4) is 0 Å². The topological polar surface area (TPSA) is 105 Å². The van der Waals surface area contributed by atoms with Crippen LogP contribution in [0.15, 0.2) is 12.2 Å². The van der Waals surface area contributed by atoms with E-state index in [-0.39, 0.29) is 57.5 Å². The first kappa shape index (κ1) is 35.9. The van der Waals surface area contributed by atoms with Crippen LogP contribution in [-0.4, -0.2) is 48.2 Å². The average Bonchev–Trinajstić information content (AvgIpc) is 3.63. The van der Waals surface area contributed by atoms with Crippen LogP contribution in [-0.2, 0) is 19.1 Å². The Morgan fingerprint density at radius 1 is 0.896 bits per heavy atom. The first-order valence-electron chi connectivity index (χ1n) is 19.4. The van der Waals surface area contributed by atoms with Crippen LogP contribution in [0.1, 0.15) is 139 Å². The highest BCUT2D eigenvalue weighted by molar-refractivity contribution is 5.81. The number of hydrogen-bond acceptors (Lipinski definition) is 5. The van der Waals surface area contributed by atoms with Gasteiger partial charge < -0.3 is 20.5 Å². The Morgan fingerprint density at radius 3 is 2.27 bits per heavy atom. The number of aliphatic carboxylic acids is 1. The zero-order valence-electron chi connectivity index (χ0n) is 31.4. The van der Waals surface area contributed by atoms with E-state index in [0.717, 1.165) is 51.6 Å². The monoisotopic (exact) mass is 666 g/mol. The largest absolute Gasteiger partial charge is 0.481 e. The number of carboxylic acid groups (broad SMARTS) is 1. The number of carboxylic acids is 1. The first-order valence-corrected chi connectivity index (χ1v) is 19.4. The molecule has 7 nitrogen and oxygen atoms in total. The molecule has 3 N–H and O–H groups in total. The zero-order chi connectivity index (χ0) is 35.1. The van der Waals surface area contributed by atoms with Gasteiger partial charge in [0.1, 0.15) is 6.10 Å². The highest BCUT2D eigenvalue weighted by Gasteiger charge is 2.71. The van der Waals surface area contributed by atoms with E-state index in [1.165, 1.54) is 37.7 Å². The van der Waals surface area contributed by atoms with E-state index >= 15 is 0 Å². The van der Waals surface area contributed by atoms with E-state index in [1.54, 1.807) is 13.8 Å². The van der Waals surface area contributed by atoms with Crippen LogP contribution in [0, 0.1) is 62.1 Å². The zero-order valence-corrected chi connectivity index (χ0v) is 31.4. The van der Waals surface area contributed by atoms with E-state index in [1.807, 2.05) is 0 Å². The van der Waals surface area contributed by atoms with E-state index in [9.17, 15) is 19.5 Å². The van der Waals surface area contributed by atoms with Crippen LogP contribution >= 0.6 is 0 Å². The number of nitrogens with one attached hydrogen (secondary N) is 2. The van der Waals surface area contributed by atoms with Gasteiger partial charge in [-0.05, 0) is 149 Å². The Kier molecular flexibility index (Phi) is 9.07. The van der Waals surface area contributed by atoms with Crippen LogP contribution in [0.4, 0.5) is 0 Å². The minimum absolute atomic E-state index is 0.0767. The number of carbonyl (C=O) groups excluding carboxylic acids is 2. The maximum Gasteiger partial charge on any atom is 0.309 e. The number of amides is 1. The molecule has 0 spiro atoms. The number of allylic oxidation sites excluding steroid dienone is 1. The van der Waals surface area contributed by atoms with Gasteiger partial charge in [0.25, 0.3) is 0 Å². The van der Waals surface area contributed by atoms with Crippen molar-refractivity contribution in [3.63, 3.8) is 0 Å². The molecule has 2 unspecified atom stereocenters. The fourth-order valence-electron chi connectivity index (χ4n) is 13.8. The van der Waals surface area contributed by atoms with Gasteiger partial charge in [0, 0.05) is 24.4 Å². The van der Waals surface area contributed by atoms with Gasteiger partial charge in [-0.1, -0.05) is 46.8 Å². The van der Waals surface area contributed by atoms with Crippen molar-refractivity contribution >= 4 is 17.8 Å². The standard InChI is InChI=1S/C41H66N2O5/c1-25(2)27-12-18-41(22-32(44)43-26-15-21-42-24-26)20-19-39(8)28(34(27)41)10-11-30-38(7)16-14-31(48-33(45)23-36(3,4)35(46)47)37(5,6)29(38)13-17-40(30,39)9/h26-31,34,42H,1,10-24H2,2-9H3,(H,43,44)(H,46,47)/t26-,27+,28-,29?,30?,31+,34-,38+,39-,40-,41-/m1/s1. The molecule has 6 fully saturated rings. The molecule has 1 heterocycles. The van der Waals surface area contributed by atoms with Crippen LogP contribution in [0.2, 0.25) is 0 Å². The molecular formula is C41H66N2O5. The second-order valence-corrected chi connectivity index (χ2v) is 19.7. The van der Waals surface area contributed by atoms with Gasteiger partial charge in [-0.3, -0.25) is 14.4 Å². The second-order valence-electron chi connectivity index (χ2n) is 19.7. The summed E-state index contributed by atoms with van der Waals surface area (Å²) in [7, 11) is 0. The number of carbonyl (C=O) groups is 3. The molecule has 48 heavy (non-hydrogen) atoms. The lowest BCUT2D eigenvalue weighted by Gasteiger charge is -2.73. The fraction of sp³-hybridized carbons (Fsp3) is 0.878. The van der Waals surface area contributed by atoms with Crippen LogP contribution in [0.5, 0.6) is 0 Å². The summed E-state index contributed by atoms with van der Waals surface area (Å²) in [6, 6.07) is 0.268. The maximum absolute atomic E-state index is 13.6. The average molecular weight is 667 g/mol. The summed E-state index contributed by atoms with van der Waals surface area (Å²) in [5.41, 5.74) is 0.637. The summed E-state index contributed by atoms with van der Waals surface area (Å²) in [5, 5.41) is 16.4. The van der Waals surface area contributed by atoms with Gasteiger partial charge in [0.15, 0.2) is 0 Å². The molecule has 1 saturated heterocycles. The lowest BCUT2D eigenvalue weighted by Crippen LogP contribution is -2.67. The molecule has 0 aromatic carbocycles. The molecule has 6 aliphatic rings. The Hall–Kier alpha value is -1.89. The molecule has 0 radical (unpaired) electrons. The first-order chi connectivity index (χ1) is 22.3. The van der Waals surface area contributed by atoms with Gasteiger partial charge in [0.05, 0.1) is 11.8 Å². The van der Waals surface area contributed by atoms with Gasteiger partial charge in [-0.15, -0.1) is 0 Å². The third kappa shape index (κ3) is 5.50. The maximum atomic E-state index is 13.6. The van der Waals surface area contributed by atoms with Crippen molar-refractivity contribution in [1.82, 2.24) is 10.6 Å². The highest BCUT2D eigenvalue weighted by Crippen LogP contribution is 2.78. The lowest BCUT2D eigenvalue weighted by molar-refractivity contribution is -0.250. The number of rotatable bonds is 8. The molecule has 7 heteroatoms. The number of hydrogen-bond donors (Lipinski definition) is 3. The molecule has 270 valence electrons. The third-order valence-electron chi connectivity index (χ3n) is 16.6. The predicted molar refractivity (Wildman–Crippen MR) is 189 cm³/mol.